The Morgan fingerprint density at radius 3 is 2.05 bits per heavy atom. The summed E-state index contributed by atoms with van der Waals surface area (Å²) in [7, 11) is 2.18. The zero-order valence-corrected chi connectivity index (χ0v) is 13.7. The first-order valence-electron chi connectivity index (χ1n) is 7.27. The van der Waals surface area contributed by atoms with Crippen LogP contribution in [-0.4, -0.2) is 26.2 Å². The van der Waals surface area contributed by atoms with Crippen LogP contribution in [0.2, 0.25) is 0 Å². The Morgan fingerprint density at radius 1 is 1.11 bits per heavy atom. The van der Waals surface area contributed by atoms with Crippen molar-refractivity contribution in [3.63, 3.8) is 0 Å². The fourth-order valence-electron chi connectivity index (χ4n) is 2.44. The van der Waals surface area contributed by atoms with E-state index in [2.05, 4.69) is 77.0 Å². The van der Waals surface area contributed by atoms with Crippen LogP contribution in [0, 0.1) is 19.3 Å². The zero-order chi connectivity index (χ0) is 14.6. The van der Waals surface area contributed by atoms with E-state index in [9.17, 15) is 0 Å². The fourth-order valence-corrected chi connectivity index (χ4v) is 2.44. The summed E-state index contributed by atoms with van der Waals surface area (Å²) in [5.41, 5.74) is 4.24. The number of likely N-dealkylation sites (N-methyl/N-ethyl adjacent to an activating group) is 2. The minimum Gasteiger partial charge on any atom is -0.373 e. The van der Waals surface area contributed by atoms with E-state index in [0.29, 0.717) is 6.04 Å². The van der Waals surface area contributed by atoms with Crippen LogP contribution in [0.4, 0.5) is 5.69 Å². The van der Waals surface area contributed by atoms with Gasteiger partial charge >= 0.3 is 0 Å². The predicted molar refractivity (Wildman–Crippen MR) is 86.1 cm³/mol. The van der Waals surface area contributed by atoms with Crippen molar-refractivity contribution >= 4 is 5.69 Å². The van der Waals surface area contributed by atoms with E-state index >= 15 is 0 Å². The maximum atomic E-state index is 3.61. The van der Waals surface area contributed by atoms with Crippen molar-refractivity contribution < 1.29 is 0 Å². The first-order valence-corrected chi connectivity index (χ1v) is 7.27. The van der Waals surface area contributed by atoms with Gasteiger partial charge in [0.1, 0.15) is 0 Å². The normalized spacial score (nSPS) is 13.4. The molecule has 1 unspecified atom stereocenters. The molecule has 2 nitrogen and oxygen atoms in total. The van der Waals surface area contributed by atoms with Crippen LogP contribution in [0.25, 0.3) is 0 Å². The SMILES string of the molecule is CCNC(CN(C)c1cc(C)cc(C)c1)C(C)(C)C. The molecule has 0 fully saturated rings. The maximum absolute atomic E-state index is 3.61. The van der Waals surface area contributed by atoms with Gasteiger partial charge in [-0.3, -0.25) is 0 Å². The highest BCUT2D eigenvalue weighted by Crippen LogP contribution is 2.23. The fraction of sp³-hybridized carbons (Fsp3) is 0.647. The van der Waals surface area contributed by atoms with Gasteiger partial charge in [0.15, 0.2) is 0 Å². The molecule has 0 aromatic heterocycles. The second-order valence-corrected chi connectivity index (χ2v) is 6.70. The van der Waals surface area contributed by atoms with E-state index < -0.39 is 0 Å². The maximum Gasteiger partial charge on any atom is 0.0369 e. The third-order valence-corrected chi connectivity index (χ3v) is 3.60. The highest BCUT2D eigenvalue weighted by atomic mass is 15.1. The van der Waals surface area contributed by atoms with Crippen LogP contribution in [0.15, 0.2) is 18.2 Å². The number of nitrogens with one attached hydrogen (secondary N) is 1. The summed E-state index contributed by atoms with van der Waals surface area (Å²) in [6, 6.07) is 7.24. The van der Waals surface area contributed by atoms with E-state index in [0.717, 1.165) is 13.1 Å². The number of benzene rings is 1. The Morgan fingerprint density at radius 2 is 1.63 bits per heavy atom. The number of nitrogens with zero attached hydrogens (tertiary/aromatic N) is 1. The molecule has 0 spiro atoms. The molecule has 0 aliphatic carbocycles. The molecule has 0 bridgehead atoms. The quantitative estimate of drug-likeness (QED) is 0.869. The van der Waals surface area contributed by atoms with Gasteiger partial charge in [0.25, 0.3) is 0 Å². The molecule has 1 N–H and O–H groups in total. The van der Waals surface area contributed by atoms with Crippen LogP contribution in [0.3, 0.4) is 0 Å². The van der Waals surface area contributed by atoms with Gasteiger partial charge in [-0.15, -0.1) is 0 Å². The average Bonchev–Trinajstić information content (AvgIpc) is 2.25. The molecule has 0 aliphatic rings. The van der Waals surface area contributed by atoms with E-state index in [-0.39, 0.29) is 5.41 Å². The lowest BCUT2D eigenvalue weighted by atomic mass is 9.86. The minimum absolute atomic E-state index is 0.267. The molecule has 0 amide bonds. The summed E-state index contributed by atoms with van der Waals surface area (Å²) in [6.45, 7) is 15.4. The highest BCUT2D eigenvalue weighted by molar-refractivity contribution is 5.50. The van der Waals surface area contributed by atoms with Gasteiger partial charge in [0.05, 0.1) is 0 Å². The summed E-state index contributed by atoms with van der Waals surface area (Å²) in [5.74, 6) is 0. The molecule has 1 aromatic carbocycles. The third kappa shape index (κ3) is 4.87. The summed E-state index contributed by atoms with van der Waals surface area (Å²) in [6.07, 6.45) is 0. The van der Waals surface area contributed by atoms with Crippen LogP contribution in [0.5, 0.6) is 0 Å². The van der Waals surface area contributed by atoms with E-state index in [4.69, 9.17) is 0 Å². The van der Waals surface area contributed by atoms with Gasteiger partial charge in [0, 0.05) is 25.3 Å². The molecular formula is C17H30N2. The first kappa shape index (κ1) is 16.0. The Labute approximate surface area is 119 Å². The van der Waals surface area contributed by atoms with Gasteiger partial charge in [-0.05, 0) is 49.1 Å². The number of anilines is 1. The van der Waals surface area contributed by atoms with Crippen LogP contribution in [-0.2, 0) is 0 Å². The molecule has 0 radical (unpaired) electrons. The van der Waals surface area contributed by atoms with Crippen molar-refractivity contribution in [1.29, 1.82) is 0 Å². The van der Waals surface area contributed by atoms with Crippen molar-refractivity contribution in [2.75, 3.05) is 25.0 Å². The van der Waals surface area contributed by atoms with Gasteiger partial charge in [-0.25, -0.2) is 0 Å². The Balaban J connectivity index is 2.84. The first-order chi connectivity index (χ1) is 8.74. The zero-order valence-electron chi connectivity index (χ0n) is 13.7. The van der Waals surface area contributed by atoms with Gasteiger partial charge in [-0.1, -0.05) is 33.8 Å². The molecule has 0 saturated heterocycles. The molecule has 19 heavy (non-hydrogen) atoms. The Kier molecular flexibility index (Phi) is 5.42. The molecule has 1 rings (SSSR count). The number of aryl methyl sites for hydroxylation is 2. The molecule has 2 heteroatoms. The third-order valence-electron chi connectivity index (χ3n) is 3.60. The van der Waals surface area contributed by atoms with Gasteiger partial charge in [-0.2, -0.15) is 0 Å². The lowest BCUT2D eigenvalue weighted by Gasteiger charge is -2.35. The lowest BCUT2D eigenvalue weighted by molar-refractivity contribution is 0.275. The highest BCUT2D eigenvalue weighted by Gasteiger charge is 2.25. The number of hydrogen-bond donors (Lipinski definition) is 1. The molecule has 1 atom stereocenters. The smallest absolute Gasteiger partial charge is 0.0369 e. The van der Waals surface area contributed by atoms with Crippen molar-refractivity contribution in [3.8, 4) is 0 Å². The van der Waals surface area contributed by atoms with Gasteiger partial charge < -0.3 is 10.2 Å². The van der Waals surface area contributed by atoms with E-state index in [1.165, 1.54) is 16.8 Å². The standard InChI is InChI=1S/C17H30N2/c1-8-18-16(17(4,5)6)12-19(7)15-10-13(2)9-14(3)11-15/h9-11,16,18H,8,12H2,1-7H3. The molecule has 0 heterocycles. The minimum atomic E-state index is 0.267. The number of hydrogen-bond acceptors (Lipinski definition) is 2. The van der Waals surface area contributed by atoms with Crippen LogP contribution >= 0.6 is 0 Å². The van der Waals surface area contributed by atoms with Crippen LogP contribution in [0.1, 0.15) is 38.8 Å². The monoisotopic (exact) mass is 262 g/mol. The van der Waals surface area contributed by atoms with Crippen molar-refractivity contribution in [2.45, 2.75) is 47.6 Å². The van der Waals surface area contributed by atoms with Crippen molar-refractivity contribution in [3.05, 3.63) is 29.3 Å². The second kappa shape index (κ2) is 6.42. The van der Waals surface area contributed by atoms with Crippen molar-refractivity contribution in [1.82, 2.24) is 5.32 Å². The largest absolute Gasteiger partial charge is 0.373 e. The predicted octanol–water partition coefficient (Wildman–Crippen LogP) is 3.76. The molecule has 1 aromatic rings. The molecule has 0 saturated carbocycles. The Hall–Kier alpha value is -1.02. The summed E-state index contributed by atoms with van der Waals surface area (Å²) < 4.78 is 0. The molecule has 0 aliphatic heterocycles. The summed E-state index contributed by atoms with van der Waals surface area (Å²) in [4.78, 5) is 2.36. The topological polar surface area (TPSA) is 15.3 Å². The molecular weight excluding hydrogens is 232 g/mol. The Bertz CT molecular complexity index is 384. The summed E-state index contributed by atoms with van der Waals surface area (Å²) >= 11 is 0. The average molecular weight is 262 g/mol. The van der Waals surface area contributed by atoms with Gasteiger partial charge in [0.2, 0.25) is 0 Å². The van der Waals surface area contributed by atoms with E-state index in [1.807, 2.05) is 0 Å². The van der Waals surface area contributed by atoms with Crippen LogP contribution < -0.4 is 10.2 Å². The van der Waals surface area contributed by atoms with E-state index in [1.54, 1.807) is 0 Å². The lowest BCUT2D eigenvalue weighted by Crippen LogP contribution is -2.47. The number of rotatable bonds is 5. The summed E-state index contributed by atoms with van der Waals surface area (Å²) in [5, 5.41) is 3.61. The molecule has 108 valence electrons. The van der Waals surface area contributed by atoms with Crippen molar-refractivity contribution in [2.24, 2.45) is 5.41 Å². The second-order valence-electron chi connectivity index (χ2n) is 6.70.